The number of hydrogen-bond acceptors (Lipinski definition) is 2. The highest BCUT2D eigenvalue weighted by Crippen LogP contribution is 2.35. The van der Waals surface area contributed by atoms with Gasteiger partial charge in [0.15, 0.2) is 5.84 Å². The van der Waals surface area contributed by atoms with Gasteiger partial charge in [-0.15, -0.1) is 0 Å². The second kappa shape index (κ2) is 10.2. The molecule has 0 saturated heterocycles. The van der Waals surface area contributed by atoms with Crippen LogP contribution in [0.1, 0.15) is 42.5 Å². The van der Waals surface area contributed by atoms with Gasteiger partial charge in [-0.2, -0.15) is 0 Å². The number of halogens is 1. The molecule has 2 nitrogen and oxygen atoms in total. The molecule has 1 aliphatic rings. The van der Waals surface area contributed by atoms with E-state index in [2.05, 4.69) is 73.7 Å². The van der Waals surface area contributed by atoms with E-state index < -0.39 is 0 Å². The Kier molecular flexibility index (Phi) is 6.69. The van der Waals surface area contributed by atoms with Crippen molar-refractivity contribution in [3.63, 3.8) is 0 Å². The molecule has 2 atom stereocenters. The van der Waals surface area contributed by atoms with Gasteiger partial charge in [0, 0.05) is 10.6 Å². The molecule has 2 unspecified atom stereocenters. The van der Waals surface area contributed by atoms with Crippen molar-refractivity contribution in [3.05, 3.63) is 131 Å². The Balaban J connectivity index is 1.60. The average molecular weight is 463 g/mol. The van der Waals surface area contributed by atoms with E-state index in [1.807, 2.05) is 42.5 Å². The summed E-state index contributed by atoms with van der Waals surface area (Å²) >= 11 is 6.26. The molecule has 0 aliphatic carbocycles. The van der Waals surface area contributed by atoms with Crippen molar-refractivity contribution in [1.29, 1.82) is 0 Å². The van der Waals surface area contributed by atoms with Gasteiger partial charge < -0.3 is 0 Å². The normalized spacial score (nSPS) is 18.4. The van der Waals surface area contributed by atoms with Crippen molar-refractivity contribution < 1.29 is 0 Å². The molecule has 0 N–H and O–H groups in total. The summed E-state index contributed by atoms with van der Waals surface area (Å²) in [5.74, 6) is 1.16. The van der Waals surface area contributed by atoms with Crippen LogP contribution >= 0.6 is 11.6 Å². The van der Waals surface area contributed by atoms with Crippen molar-refractivity contribution in [1.82, 2.24) is 0 Å². The maximum absolute atomic E-state index is 6.26. The predicted octanol–water partition coefficient (Wildman–Crippen LogP) is 8.41. The number of amidine groups is 1. The molecular formula is C31H27ClN2. The maximum Gasteiger partial charge on any atom is 0.155 e. The molecule has 0 radical (unpaired) electrons. The summed E-state index contributed by atoms with van der Waals surface area (Å²) in [6.45, 7) is 2.30. The Morgan fingerprint density at radius 2 is 1.29 bits per heavy atom. The molecule has 0 fully saturated rings. The first-order valence-electron chi connectivity index (χ1n) is 11.8. The first kappa shape index (κ1) is 22.3. The van der Waals surface area contributed by atoms with E-state index >= 15 is 0 Å². The molecule has 34 heavy (non-hydrogen) atoms. The Morgan fingerprint density at radius 3 is 2.00 bits per heavy atom. The standard InChI is InChI=1S/C31H27ClN2/c1-22-18-19-29(23-10-4-2-5-11-23)33-31(24-12-6-3-7-13-24)34-30(22)27-16-8-14-25(20-27)26-15-9-17-28(32)21-26/h2-17,20-22,30H,18-19H2,1H3. The van der Waals surface area contributed by atoms with Crippen LogP contribution in [0, 0.1) is 5.92 Å². The molecule has 0 saturated carbocycles. The van der Waals surface area contributed by atoms with E-state index in [0.29, 0.717) is 5.92 Å². The molecule has 0 aromatic heterocycles. The number of benzene rings is 4. The smallest absolute Gasteiger partial charge is 0.155 e. The quantitative estimate of drug-likeness (QED) is 0.291. The molecule has 1 aliphatic heterocycles. The van der Waals surface area contributed by atoms with E-state index in [-0.39, 0.29) is 6.04 Å². The number of nitrogens with zero attached hydrogens (tertiary/aromatic N) is 2. The fraction of sp³-hybridized carbons (Fsp3) is 0.161. The molecular weight excluding hydrogens is 436 g/mol. The van der Waals surface area contributed by atoms with Gasteiger partial charge >= 0.3 is 0 Å². The van der Waals surface area contributed by atoms with Gasteiger partial charge in [0.05, 0.1) is 11.8 Å². The summed E-state index contributed by atoms with van der Waals surface area (Å²) in [4.78, 5) is 10.4. The topological polar surface area (TPSA) is 24.7 Å². The van der Waals surface area contributed by atoms with Crippen LogP contribution in [0.25, 0.3) is 11.1 Å². The predicted molar refractivity (Wildman–Crippen MR) is 144 cm³/mol. The van der Waals surface area contributed by atoms with E-state index in [1.165, 1.54) is 11.1 Å². The van der Waals surface area contributed by atoms with Gasteiger partial charge in [-0.1, -0.05) is 110 Å². The molecule has 4 aromatic rings. The summed E-state index contributed by atoms with van der Waals surface area (Å²) in [7, 11) is 0. The average Bonchev–Trinajstić information content (AvgIpc) is 2.88. The molecule has 4 aromatic carbocycles. The van der Waals surface area contributed by atoms with Crippen molar-refractivity contribution >= 4 is 23.1 Å². The van der Waals surface area contributed by atoms with Crippen LogP contribution in [0.4, 0.5) is 0 Å². The minimum absolute atomic E-state index is 0.0235. The number of rotatable bonds is 4. The lowest BCUT2D eigenvalue weighted by Gasteiger charge is -2.25. The van der Waals surface area contributed by atoms with E-state index in [1.54, 1.807) is 0 Å². The van der Waals surface area contributed by atoms with Crippen LogP contribution < -0.4 is 0 Å². The minimum atomic E-state index is 0.0235. The highest BCUT2D eigenvalue weighted by atomic mass is 35.5. The number of aliphatic imine (C=N–C) groups is 2. The molecule has 5 rings (SSSR count). The highest BCUT2D eigenvalue weighted by Gasteiger charge is 2.24. The van der Waals surface area contributed by atoms with Gasteiger partial charge in [-0.05, 0) is 59.2 Å². The van der Waals surface area contributed by atoms with Crippen molar-refractivity contribution in [2.24, 2.45) is 15.9 Å². The van der Waals surface area contributed by atoms with Crippen LogP contribution in [-0.2, 0) is 0 Å². The van der Waals surface area contributed by atoms with Gasteiger partial charge in [-0.25, -0.2) is 4.99 Å². The first-order valence-corrected chi connectivity index (χ1v) is 12.2. The van der Waals surface area contributed by atoms with Crippen LogP contribution in [0.15, 0.2) is 119 Å². The first-order chi connectivity index (χ1) is 16.7. The van der Waals surface area contributed by atoms with Crippen LogP contribution in [-0.4, -0.2) is 11.5 Å². The Labute approximate surface area is 206 Å². The van der Waals surface area contributed by atoms with Crippen molar-refractivity contribution in [2.75, 3.05) is 0 Å². The molecule has 3 heteroatoms. The Hall–Kier alpha value is -3.49. The van der Waals surface area contributed by atoms with Crippen molar-refractivity contribution in [3.8, 4) is 11.1 Å². The summed E-state index contributed by atoms with van der Waals surface area (Å²) in [6, 6.07) is 37.5. The van der Waals surface area contributed by atoms with Gasteiger partial charge in [-0.3, -0.25) is 4.99 Å². The number of hydrogen-bond donors (Lipinski definition) is 0. The molecule has 1 heterocycles. The van der Waals surface area contributed by atoms with Gasteiger partial charge in [0.25, 0.3) is 0 Å². The molecule has 0 bridgehead atoms. The molecule has 0 amide bonds. The van der Waals surface area contributed by atoms with Crippen LogP contribution in [0.5, 0.6) is 0 Å². The monoisotopic (exact) mass is 462 g/mol. The van der Waals surface area contributed by atoms with E-state index in [9.17, 15) is 0 Å². The zero-order valence-corrected chi connectivity index (χ0v) is 20.0. The summed E-state index contributed by atoms with van der Waals surface area (Å²) in [5.41, 5.74) is 6.78. The molecule has 0 spiro atoms. The Morgan fingerprint density at radius 1 is 0.676 bits per heavy atom. The van der Waals surface area contributed by atoms with Crippen molar-refractivity contribution in [2.45, 2.75) is 25.8 Å². The SMILES string of the molecule is CC1CCC(c2ccccc2)=NC(c2ccccc2)=NC1c1cccc(-c2cccc(Cl)c2)c1. The van der Waals surface area contributed by atoms with Gasteiger partial charge in [0.1, 0.15) is 0 Å². The van der Waals surface area contributed by atoms with E-state index in [0.717, 1.165) is 46.1 Å². The highest BCUT2D eigenvalue weighted by molar-refractivity contribution is 6.30. The lowest BCUT2D eigenvalue weighted by molar-refractivity contribution is 0.446. The van der Waals surface area contributed by atoms with Crippen LogP contribution in [0.2, 0.25) is 5.02 Å². The molecule has 168 valence electrons. The van der Waals surface area contributed by atoms with E-state index in [4.69, 9.17) is 21.6 Å². The second-order valence-corrected chi connectivity index (χ2v) is 9.28. The third kappa shape index (κ3) is 5.03. The third-order valence-corrected chi connectivity index (χ3v) is 6.64. The second-order valence-electron chi connectivity index (χ2n) is 8.84. The Bertz CT molecular complexity index is 1330. The maximum atomic E-state index is 6.26. The fourth-order valence-electron chi connectivity index (χ4n) is 4.53. The zero-order chi connectivity index (χ0) is 23.3. The largest absolute Gasteiger partial charge is 0.258 e. The lowest BCUT2D eigenvalue weighted by Crippen LogP contribution is -2.18. The summed E-state index contributed by atoms with van der Waals surface area (Å²) in [6.07, 6.45) is 1.94. The van der Waals surface area contributed by atoms with Gasteiger partial charge in [0.2, 0.25) is 0 Å². The third-order valence-electron chi connectivity index (χ3n) is 6.40. The fourth-order valence-corrected chi connectivity index (χ4v) is 4.72. The minimum Gasteiger partial charge on any atom is -0.258 e. The zero-order valence-electron chi connectivity index (χ0n) is 19.2. The van der Waals surface area contributed by atoms with Crippen LogP contribution in [0.3, 0.4) is 0 Å². The summed E-state index contributed by atoms with van der Waals surface area (Å²) < 4.78 is 0. The summed E-state index contributed by atoms with van der Waals surface area (Å²) in [5, 5.41) is 0.745. The lowest BCUT2D eigenvalue weighted by atomic mass is 9.87.